The lowest BCUT2D eigenvalue weighted by Gasteiger charge is -1.95. The molecule has 0 bridgehead atoms. The third-order valence-corrected chi connectivity index (χ3v) is 2.32. The quantitative estimate of drug-likeness (QED) is 0.767. The number of furan rings is 1. The van der Waals surface area contributed by atoms with Gasteiger partial charge in [0.2, 0.25) is 5.78 Å². The highest BCUT2D eigenvalue weighted by Crippen LogP contribution is 2.13. The summed E-state index contributed by atoms with van der Waals surface area (Å²) in [7, 11) is 1.86. The molecule has 4 nitrogen and oxygen atoms in total. The van der Waals surface area contributed by atoms with Gasteiger partial charge in [-0.15, -0.1) is 0 Å². The van der Waals surface area contributed by atoms with Gasteiger partial charge in [-0.3, -0.25) is 4.79 Å². The highest BCUT2D eigenvalue weighted by Gasteiger charge is 2.14. The van der Waals surface area contributed by atoms with Gasteiger partial charge >= 0.3 is 0 Å². The second kappa shape index (κ2) is 3.74. The number of carbonyl (C=O) groups excluding carboxylic acids is 1. The fraction of sp³-hybridized carbons (Fsp3) is 0.182. The number of aromatic nitrogens is 1. The third-order valence-electron chi connectivity index (χ3n) is 2.32. The Morgan fingerprint density at radius 2 is 2.40 bits per heavy atom. The van der Waals surface area contributed by atoms with Crippen molar-refractivity contribution in [2.24, 2.45) is 12.8 Å². The van der Waals surface area contributed by atoms with Crippen LogP contribution in [0.3, 0.4) is 0 Å². The minimum atomic E-state index is -0.115. The Balaban J connectivity index is 2.34. The van der Waals surface area contributed by atoms with E-state index in [1.54, 1.807) is 24.4 Å². The predicted octanol–water partition coefficient (Wildman–Crippen LogP) is 1.31. The van der Waals surface area contributed by atoms with E-state index < -0.39 is 0 Å². The van der Waals surface area contributed by atoms with Gasteiger partial charge in [0.1, 0.15) is 0 Å². The zero-order chi connectivity index (χ0) is 10.8. The topological polar surface area (TPSA) is 61.2 Å². The third kappa shape index (κ3) is 1.71. The van der Waals surface area contributed by atoms with Gasteiger partial charge in [0.15, 0.2) is 5.76 Å². The first-order chi connectivity index (χ1) is 7.22. The van der Waals surface area contributed by atoms with E-state index >= 15 is 0 Å². The normalized spacial score (nSPS) is 10.5. The van der Waals surface area contributed by atoms with Gasteiger partial charge < -0.3 is 14.7 Å². The Hall–Kier alpha value is -1.81. The predicted molar refractivity (Wildman–Crippen MR) is 55.4 cm³/mol. The molecule has 78 valence electrons. The van der Waals surface area contributed by atoms with E-state index in [9.17, 15) is 4.79 Å². The molecule has 0 fully saturated rings. The molecule has 0 aliphatic rings. The summed E-state index contributed by atoms with van der Waals surface area (Å²) in [6, 6.07) is 5.13. The molecule has 0 amide bonds. The first kappa shape index (κ1) is 9.73. The lowest BCUT2D eigenvalue weighted by Crippen LogP contribution is -2.01. The number of nitrogens with two attached hydrogens (primary N) is 1. The van der Waals surface area contributed by atoms with Crippen molar-refractivity contribution < 1.29 is 9.21 Å². The van der Waals surface area contributed by atoms with Crippen molar-refractivity contribution in [3.05, 3.63) is 47.7 Å². The molecule has 4 heteroatoms. The minimum absolute atomic E-state index is 0.115. The van der Waals surface area contributed by atoms with E-state index in [1.165, 1.54) is 6.26 Å². The molecular weight excluding hydrogens is 192 g/mol. The molecule has 2 rings (SSSR count). The maximum absolute atomic E-state index is 11.8. The van der Waals surface area contributed by atoms with Crippen molar-refractivity contribution in [1.82, 2.24) is 4.57 Å². The van der Waals surface area contributed by atoms with Crippen molar-refractivity contribution in [2.45, 2.75) is 6.54 Å². The van der Waals surface area contributed by atoms with Gasteiger partial charge in [-0.25, -0.2) is 0 Å². The highest BCUT2D eigenvalue weighted by molar-refractivity contribution is 6.07. The van der Waals surface area contributed by atoms with E-state index in [0.717, 1.165) is 5.69 Å². The second-order valence-corrected chi connectivity index (χ2v) is 3.34. The molecule has 0 aliphatic carbocycles. The van der Waals surface area contributed by atoms with E-state index in [0.29, 0.717) is 17.9 Å². The number of rotatable bonds is 3. The van der Waals surface area contributed by atoms with Crippen LogP contribution in [0.1, 0.15) is 21.8 Å². The Labute approximate surface area is 87.3 Å². The Bertz CT molecular complexity index is 469. The summed E-state index contributed by atoms with van der Waals surface area (Å²) in [5, 5.41) is 0. The molecule has 0 aromatic carbocycles. The van der Waals surface area contributed by atoms with Crippen molar-refractivity contribution in [1.29, 1.82) is 0 Å². The molecule has 2 aromatic heterocycles. The van der Waals surface area contributed by atoms with Gasteiger partial charge in [0.05, 0.1) is 6.26 Å². The van der Waals surface area contributed by atoms with Crippen LogP contribution in [-0.2, 0) is 13.6 Å². The van der Waals surface area contributed by atoms with Crippen LogP contribution in [0.25, 0.3) is 0 Å². The first-order valence-electron chi connectivity index (χ1n) is 4.66. The number of aryl methyl sites for hydroxylation is 1. The van der Waals surface area contributed by atoms with E-state index in [2.05, 4.69) is 0 Å². The summed E-state index contributed by atoms with van der Waals surface area (Å²) in [6.07, 6.45) is 3.24. The van der Waals surface area contributed by atoms with Crippen molar-refractivity contribution in [3.63, 3.8) is 0 Å². The largest absolute Gasteiger partial charge is 0.461 e. The van der Waals surface area contributed by atoms with Gasteiger partial charge in [0.25, 0.3) is 0 Å². The zero-order valence-corrected chi connectivity index (χ0v) is 8.43. The van der Waals surface area contributed by atoms with Crippen LogP contribution in [0.15, 0.2) is 35.1 Å². The molecule has 0 aliphatic heterocycles. The molecule has 0 radical (unpaired) electrons. The average Bonchev–Trinajstić information content (AvgIpc) is 2.85. The molecule has 2 heterocycles. The van der Waals surface area contributed by atoms with Crippen molar-refractivity contribution in [2.75, 3.05) is 0 Å². The van der Waals surface area contributed by atoms with Crippen LogP contribution in [0.2, 0.25) is 0 Å². The molecule has 2 aromatic rings. The van der Waals surface area contributed by atoms with Crippen LogP contribution in [0.4, 0.5) is 0 Å². The fourth-order valence-corrected chi connectivity index (χ4v) is 1.49. The van der Waals surface area contributed by atoms with Crippen LogP contribution in [-0.4, -0.2) is 10.4 Å². The lowest BCUT2D eigenvalue weighted by atomic mass is 10.2. The molecule has 0 atom stereocenters. The Morgan fingerprint density at radius 3 is 2.93 bits per heavy atom. The standard InChI is InChI=1S/C11H12N2O2/c1-13-7-8(5-9(13)6-12)11(14)10-3-2-4-15-10/h2-5,7H,6,12H2,1H3. The van der Waals surface area contributed by atoms with E-state index in [4.69, 9.17) is 10.2 Å². The monoisotopic (exact) mass is 204 g/mol. The van der Waals surface area contributed by atoms with E-state index in [-0.39, 0.29) is 5.78 Å². The summed E-state index contributed by atoms with van der Waals surface area (Å²) in [5.74, 6) is 0.236. The summed E-state index contributed by atoms with van der Waals surface area (Å²) >= 11 is 0. The highest BCUT2D eigenvalue weighted by atomic mass is 16.3. The smallest absolute Gasteiger partial charge is 0.229 e. The number of ketones is 1. The van der Waals surface area contributed by atoms with Crippen LogP contribution >= 0.6 is 0 Å². The Morgan fingerprint density at radius 1 is 1.60 bits per heavy atom. The molecule has 0 saturated carbocycles. The van der Waals surface area contributed by atoms with E-state index in [1.807, 2.05) is 11.6 Å². The number of hydrogen-bond acceptors (Lipinski definition) is 3. The Kier molecular flexibility index (Phi) is 2.43. The molecule has 0 spiro atoms. The van der Waals surface area contributed by atoms with Gasteiger partial charge in [-0.2, -0.15) is 0 Å². The second-order valence-electron chi connectivity index (χ2n) is 3.34. The first-order valence-corrected chi connectivity index (χ1v) is 4.66. The maximum atomic E-state index is 11.8. The molecule has 15 heavy (non-hydrogen) atoms. The summed E-state index contributed by atoms with van der Waals surface area (Å²) in [6.45, 7) is 0.419. The van der Waals surface area contributed by atoms with Crippen LogP contribution < -0.4 is 5.73 Å². The maximum Gasteiger partial charge on any atom is 0.229 e. The van der Waals surface area contributed by atoms with Gasteiger partial charge in [0, 0.05) is 31.0 Å². The van der Waals surface area contributed by atoms with Crippen LogP contribution in [0.5, 0.6) is 0 Å². The SMILES string of the molecule is Cn1cc(C(=O)c2ccco2)cc1CN. The van der Waals surface area contributed by atoms with Crippen molar-refractivity contribution in [3.8, 4) is 0 Å². The van der Waals surface area contributed by atoms with Crippen molar-refractivity contribution >= 4 is 5.78 Å². The van der Waals surface area contributed by atoms with Gasteiger partial charge in [-0.1, -0.05) is 0 Å². The summed E-state index contributed by atoms with van der Waals surface area (Å²) in [5.41, 5.74) is 7.05. The number of hydrogen-bond donors (Lipinski definition) is 1. The van der Waals surface area contributed by atoms with Gasteiger partial charge in [-0.05, 0) is 18.2 Å². The minimum Gasteiger partial charge on any atom is -0.461 e. The van der Waals surface area contributed by atoms with Crippen LogP contribution in [0, 0.1) is 0 Å². The molecule has 0 unspecified atom stereocenters. The average molecular weight is 204 g/mol. The summed E-state index contributed by atoms with van der Waals surface area (Å²) in [4.78, 5) is 11.8. The zero-order valence-electron chi connectivity index (χ0n) is 8.43. The molecular formula is C11H12N2O2. The molecule has 0 saturated heterocycles. The lowest BCUT2D eigenvalue weighted by molar-refractivity contribution is 0.101. The fourth-order valence-electron chi connectivity index (χ4n) is 1.49. The molecule has 2 N–H and O–H groups in total. The number of nitrogens with zero attached hydrogens (tertiary/aromatic N) is 1. The number of carbonyl (C=O) groups is 1. The summed E-state index contributed by atoms with van der Waals surface area (Å²) < 4.78 is 6.89.